The molecule has 0 radical (unpaired) electrons. The zero-order chi connectivity index (χ0) is 40.1. The predicted molar refractivity (Wildman–Crippen MR) is 215 cm³/mol. The molecule has 8 unspecified atom stereocenters. The van der Waals surface area contributed by atoms with Gasteiger partial charge in [-0.15, -0.1) is 5.10 Å². The van der Waals surface area contributed by atoms with Gasteiger partial charge in [-0.05, 0) is 134 Å². The van der Waals surface area contributed by atoms with Crippen LogP contribution in [0.5, 0.6) is 0 Å². The number of ketones is 1. The van der Waals surface area contributed by atoms with Crippen molar-refractivity contribution < 1.29 is 29.0 Å². The smallest absolute Gasteiger partial charge is 0.309 e. The van der Waals surface area contributed by atoms with E-state index in [1.54, 1.807) is 13.8 Å². The van der Waals surface area contributed by atoms with Gasteiger partial charge in [0.05, 0.1) is 29.9 Å². The molecule has 0 saturated heterocycles. The zero-order valence-electron chi connectivity index (χ0n) is 34.8. The number of rotatable bonds is 8. The van der Waals surface area contributed by atoms with Gasteiger partial charge in [0.2, 0.25) is 5.90 Å². The molecule has 4 fully saturated rings. The van der Waals surface area contributed by atoms with Crippen molar-refractivity contribution in [3.8, 4) is 0 Å². The van der Waals surface area contributed by atoms with Crippen LogP contribution in [-0.2, 0) is 30.3 Å². The van der Waals surface area contributed by atoms with Gasteiger partial charge in [0.1, 0.15) is 11.9 Å². The number of carboxylic acids is 1. The van der Waals surface area contributed by atoms with Crippen molar-refractivity contribution in [2.24, 2.45) is 61.3 Å². The van der Waals surface area contributed by atoms with Crippen LogP contribution in [0.3, 0.4) is 0 Å². The van der Waals surface area contributed by atoms with E-state index in [0.717, 1.165) is 68.3 Å². The van der Waals surface area contributed by atoms with Crippen LogP contribution >= 0.6 is 11.6 Å². The molecule has 5 aliphatic carbocycles. The van der Waals surface area contributed by atoms with Gasteiger partial charge in [-0.3, -0.25) is 19.4 Å². The molecule has 0 bridgehead atoms. The largest absolute Gasteiger partial charge is 0.481 e. The number of esters is 1. The first-order valence-corrected chi connectivity index (χ1v) is 21.1. The highest BCUT2D eigenvalue weighted by Crippen LogP contribution is 2.77. The van der Waals surface area contributed by atoms with Crippen LogP contribution < -0.4 is 0 Å². The maximum Gasteiger partial charge on any atom is 0.309 e. The summed E-state index contributed by atoms with van der Waals surface area (Å²) in [5.41, 5.74) is 1.66. The Labute approximate surface area is 333 Å². The number of aliphatic carboxylic acids is 1. The van der Waals surface area contributed by atoms with E-state index in [-0.39, 0.29) is 51.8 Å². The lowest BCUT2D eigenvalue weighted by Gasteiger charge is -2.72. The standard InChI is InChI=1S/C46H63ClN2O6/c1-27(2)38-31(50)24-46(35-26-49(10)48-36(54-35)23-28-11-13-29(47)14-12-28)22-21-44(8)30(39(38)46)15-16-33-43(7)19-18-34(55-37(51)25-41(3,4)40(52)53)42(5,6)32(43)17-20-45(33,44)9/h11-14,26-27,30,32-34H,15-25H2,1-10H3,(H,52,53). The number of ether oxygens (including phenoxy) is 2. The summed E-state index contributed by atoms with van der Waals surface area (Å²) in [6.45, 7) is 19.8. The number of carbonyl (C=O) groups is 3. The summed E-state index contributed by atoms with van der Waals surface area (Å²) in [4.78, 5) is 39.3. The number of nitrogens with zero attached hydrogens (tertiary/aromatic N) is 2. The van der Waals surface area contributed by atoms with Gasteiger partial charge in [-0.25, -0.2) is 0 Å². The molecule has 1 aromatic rings. The molecule has 4 saturated carbocycles. The first-order valence-electron chi connectivity index (χ1n) is 20.7. The first kappa shape index (κ1) is 40.1. The summed E-state index contributed by atoms with van der Waals surface area (Å²) >= 11 is 6.19. The molecule has 8 nitrogen and oxygen atoms in total. The van der Waals surface area contributed by atoms with Crippen molar-refractivity contribution in [1.29, 1.82) is 0 Å². The van der Waals surface area contributed by atoms with Crippen LogP contribution in [0.4, 0.5) is 0 Å². The molecule has 6 aliphatic rings. The third kappa shape index (κ3) is 6.21. The van der Waals surface area contributed by atoms with Crippen LogP contribution in [0.15, 0.2) is 52.5 Å². The van der Waals surface area contributed by atoms with Crippen LogP contribution in [0.1, 0.15) is 132 Å². The quantitative estimate of drug-likeness (QED) is 0.262. The second-order valence-electron chi connectivity index (χ2n) is 20.4. The highest BCUT2D eigenvalue weighted by Gasteiger charge is 2.71. The van der Waals surface area contributed by atoms with E-state index in [9.17, 15) is 19.5 Å². The van der Waals surface area contributed by atoms with Gasteiger partial charge in [0, 0.05) is 23.9 Å². The van der Waals surface area contributed by atoms with Gasteiger partial charge in [-0.2, -0.15) is 0 Å². The molecular weight excluding hydrogens is 712 g/mol. The third-order valence-electron chi connectivity index (χ3n) is 16.4. The van der Waals surface area contributed by atoms with E-state index in [1.807, 2.05) is 42.5 Å². The van der Waals surface area contributed by atoms with Crippen LogP contribution in [0.25, 0.3) is 0 Å². The number of carbonyl (C=O) groups excluding carboxylic acids is 2. The molecule has 8 atom stereocenters. The van der Waals surface area contributed by atoms with E-state index < -0.39 is 22.8 Å². The molecule has 300 valence electrons. The molecule has 55 heavy (non-hydrogen) atoms. The number of carboxylic acid groups (broad SMARTS) is 1. The minimum absolute atomic E-state index is 0.00921. The van der Waals surface area contributed by atoms with E-state index in [4.69, 9.17) is 26.2 Å². The molecule has 0 amide bonds. The summed E-state index contributed by atoms with van der Waals surface area (Å²) in [6.07, 6.45) is 10.6. The summed E-state index contributed by atoms with van der Waals surface area (Å²) < 4.78 is 13.0. The summed E-state index contributed by atoms with van der Waals surface area (Å²) in [7, 11) is 1.96. The van der Waals surface area contributed by atoms with E-state index >= 15 is 0 Å². The molecule has 1 heterocycles. The Hall–Kier alpha value is -3.13. The van der Waals surface area contributed by atoms with Crippen molar-refractivity contribution in [3.63, 3.8) is 0 Å². The van der Waals surface area contributed by atoms with Crippen LogP contribution in [0, 0.1) is 56.2 Å². The number of hydrogen-bond donors (Lipinski definition) is 1. The Bertz CT molecular complexity index is 1860. The summed E-state index contributed by atoms with van der Waals surface area (Å²) in [6, 6.07) is 7.81. The van der Waals surface area contributed by atoms with Crippen molar-refractivity contribution in [2.75, 3.05) is 7.05 Å². The fraction of sp³-hybridized carbons (Fsp3) is 0.696. The SMILES string of the molecule is CC(C)C1=C2C3CCC4C5(C)CCC(OC(=O)CC(C)(C)C(=O)O)C(C)(C)C5CCC4(C)C3(C)CCC2(C2=CN(C)N=C(Cc3ccc(Cl)cc3)O2)CC1=O. The zero-order valence-corrected chi connectivity index (χ0v) is 35.6. The number of halogens is 1. The van der Waals surface area contributed by atoms with E-state index in [1.165, 1.54) is 5.57 Å². The fourth-order valence-corrected chi connectivity index (χ4v) is 13.5. The first-order chi connectivity index (χ1) is 25.6. The second kappa shape index (κ2) is 13.5. The maximum absolute atomic E-state index is 14.3. The van der Waals surface area contributed by atoms with Crippen molar-refractivity contribution >= 4 is 35.2 Å². The average molecular weight is 775 g/mol. The number of Topliss-reactive ketones (excluding diaryl/α,β-unsaturated/α-hetero) is 1. The van der Waals surface area contributed by atoms with Crippen molar-refractivity contribution in [1.82, 2.24) is 5.01 Å². The van der Waals surface area contributed by atoms with Crippen molar-refractivity contribution in [3.05, 3.63) is 58.0 Å². The monoisotopic (exact) mass is 774 g/mol. The van der Waals surface area contributed by atoms with Crippen molar-refractivity contribution in [2.45, 2.75) is 139 Å². The Morgan fingerprint density at radius 3 is 2.33 bits per heavy atom. The molecule has 0 spiro atoms. The number of hydrazone groups is 1. The minimum atomic E-state index is -1.17. The number of hydrogen-bond acceptors (Lipinski definition) is 7. The molecule has 1 aromatic carbocycles. The lowest BCUT2D eigenvalue weighted by Crippen LogP contribution is -2.66. The normalized spacial score (nSPS) is 36.9. The van der Waals surface area contributed by atoms with Gasteiger partial charge in [0.15, 0.2) is 5.78 Å². The third-order valence-corrected chi connectivity index (χ3v) is 16.6. The minimum Gasteiger partial charge on any atom is -0.481 e. The van der Waals surface area contributed by atoms with E-state index in [2.05, 4.69) is 48.5 Å². The number of allylic oxidation sites excluding steroid dienone is 2. The molecule has 1 aliphatic heterocycles. The van der Waals surface area contributed by atoms with Crippen LogP contribution in [0.2, 0.25) is 5.02 Å². The predicted octanol–water partition coefficient (Wildman–Crippen LogP) is 10.4. The Morgan fingerprint density at radius 2 is 1.67 bits per heavy atom. The molecule has 0 aromatic heterocycles. The Kier molecular flexibility index (Phi) is 9.82. The fourth-order valence-electron chi connectivity index (χ4n) is 13.4. The van der Waals surface area contributed by atoms with Gasteiger partial charge in [0.25, 0.3) is 0 Å². The highest BCUT2D eigenvalue weighted by atomic mass is 35.5. The summed E-state index contributed by atoms with van der Waals surface area (Å²) in [5, 5.41) is 17.0. The average Bonchev–Trinajstić information content (AvgIpc) is 3.40. The second-order valence-corrected chi connectivity index (χ2v) is 20.9. The Balaban J connectivity index is 1.18. The molecular formula is C46H63ClN2O6. The lowest BCUT2D eigenvalue weighted by atomic mass is 9.33. The highest BCUT2D eigenvalue weighted by molar-refractivity contribution is 6.30. The van der Waals surface area contributed by atoms with Gasteiger partial charge >= 0.3 is 11.9 Å². The maximum atomic E-state index is 14.3. The number of benzene rings is 1. The molecule has 9 heteroatoms. The number of fused-ring (bicyclic) bond motifs is 7. The van der Waals surface area contributed by atoms with Gasteiger partial charge < -0.3 is 14.6 Å². The van der Waals surface area contributed by atoms with Gasteiger partial charge in [-0.1, -0.05) is 72.2 Å². The molecule has 7 rings (SSSR count). The Morgan fingerprint density at radius 1 is 0.982 bits per heavy atom. The van der Waals surface area contributed by atoms with Crippen LogP contribution in [-0.4, -0.2) is 46.9 Å². The topological polar surface area (TPSA) is 106 Å². The molecule has 1 N–H and O–H groups in total. The summed E-state index contributed by atoms with van der Waals surface area (Å²) in [5.74, 6) is 1.60. The van der Waals surface area contributed by atoms with E-state index in [0.29, 0.717) is 35.6 Å². The lowest BCUT2D eigenvalue weighted by molar-refractivity contribution is -0.233.